The summed E-state index contributed by atoms with van der Waals surface area (Å²) >= 11 is 0. The molecular formula is C26H27N3O3. The lowest BCUT2D eigenvalue weighted by Gasteiger charge is -2.07. The zero-order valence-electron chi connectivity index (χ0n) is 18.2. The smallest absolute Gasteiger partial charge is 0.271 e. The van der Waals surface area contributed by atoms with Crippen molar-refractivity contribution in [1.82, 2.24) is 5.43 Å². The van der Waals surface area contributed by atoms with Gasteiger partial charge in [-0.3, -0.25) is 9.59 Å². The Morgan fingerprint density at radius 2 is 1.62 bits per heavy atom. The normalized spacial score (nSPS) is 10.8. The minimum atomic E-state index is -0.330. The summed E-state index contributed by atoms with van der Waals surface area (Å²) < 4.78 is 5.76. The van der Waals surface area contributed by atoms with Crippen LogP contribution < -0.4 is 15.5 Å². The van der Waals surface area contributed by atoms with Crippen LogP contribution in [0.3, 0.4) is 0 Å². The average molecular weight is 430 g/mol. The molecule has 6 nitrogen and oxygen atoms in total. The highest BCUT2D eigenvalue weighted by atomic mass is 16.5. The molecule has 2 N–H and O–H groups in total. The van der Waals surface area contributed by atoms with Gasteiger partial charge in [0.1, 0.15) is 12.4 Å². The zero-order valence-corrected chi connectivity index (χ0v) is 18.2. The minimum absolute atomic E-state index is 0.0433. The number of amides is 2. The number of anilines is 1. The zero-order chi connectivity index (χ0) is 22.8. The molecule has 0 saturated heterocycles. The topological polar surface area (TPSA) is 79.8 Å². The summed E-state index contributed by atoms with van der Waals surface area (Å²) in [6.07, 6.45) is 2.02. The first-order valence-corrected chi connectivity index (χ1v) is 10.5. The fourth-order valence-corrected chi connectivity index (χ4v) is 2.91. The molecule has 0 fully saturated rings. The fourth-order valence-electron chi connectivity index (χ4n) is 2.91. The van der Waals surface area contributed by atoms with Crippen LogP contribution in [0.25, 0.3) is 0 Å². The minimum Gasteiger partial charge on any atom is -0.489 e. The molecule has 3 aromatic carbocycles. The van der Waals surface area contributed by atoms with Gasteiger partial charge >= 0.3 is 0 Å². The number of hydrazone groups is 1. The first-order chi connectivity index (χ1) is 15.5. The highest BCUT2D eigenvalue weighted by Crippen LogP contribution is 2.14. The van der Waals surface area contributed by atoms with Crippen molar-refractivity contribution >= 4 is 23.7 Å². The van der Waals surface area contributed by atoms with Crippen LogP contribution in [-0.4, -0.2) is 18.0 Å². The highest BCUT2D eigenvalue weighted by Gasteiger charge is 2.07. The third kappa shape index (κ3) is 7.40. The predicted molar refractivity (Wildman–Crippen MR) is 127 cm³/mol. The Kier molecular flexibility index (Phi) is 8.15. The lowest BCUT2D eigenvalue weighted by Crippen LogP contribution is -2.18. The fraction of sp³-hybridized carbons (Fsp3) is 0.192. The number of ether oxygens (including phenoxy) is 1. The summed E-state index contributed by atoms with van der Waals surface area (Å²) in [5.74, 6) is 0.675. The lowest BCUT2D eigenvalue weighted by atomic mass is 10.1. The highest BCUT2D eigenvalue weighted by molar-refractivity contribution is 5.96. The molecule has 0 bridgehead atoms. The molecule has 32 heavy (non-hydrogen) atoms. The van der Waals surface area contributed by atoms with Gasteiger partial charge in [-0.15, -0.1) is 0 Å². The molecule has 3 rings (SSSR count). The third-order valence-corrected chi connectivity index (χ3v) is 4.53. The lowest BCUT2D eigenvalue weighted by molar-refractivity contribution is -0.116. The summed E-state index contributed by atoms with van der Waals surface area (Å²) in [7, 11) is 0. The van der Waals surface area contributed by atoms with Gasteiger partial charge in [0.25, 0.3) is 5.91 Å². The molecule has 0 heterocycles. The molecule has 0 atom stereocenters. The number of carbonyl (C=O) groups excluding carboxylic acids is 2. The van der Waals surface area contributed by atoms with Crippen molar-refractivity contribution in [2.24, 2.45) is 11.0 Å². The first kappa shape index (κ1) is 22.7. The van der Waals surface area contributed by atoms with Crippen molar-refractivity contribution in [3.63, 3.8) is 0 Å². The molecule has 0 aliphatic heterocycles. The maximum Gasteiger partial charge on any atom is 0.271 e. The number of nitrogens with zero attached hydrogens (tertiary/aromatic N) is 1. The van der Waals surface area contributed by atoms with Gasteiger partial charge in [-0.2, -0.15) is 5.10 Å². The molecule has 6 heteroatoms. The molecule has 0 aromatic heterocycles. The summed E-state index contributed by atoms with van der Waals surface area (Å²) in [6, 6.07) is 24.1. The monoisotopic (exact) mass is 429 g/mol. The molecule has 0 radical (unpaired) electrons. The molecule has 0 aliphatic rings. The first-order valence-electron chi connectivity index (χ1n) is 10.5. The van der Waals surface area contributed by atoms with Gasteiger partial charge in [0.05, 0.1) is 6.21 Å². The van der Waals surface area contributed by atoms with Crippen LogP contribution in [0.4, 0.5) is 5.69 Å². The number of nitrogens with one attached hydrogen (secondary N) is 2. The van der Waals surface area contributed by atoms with Crippen molar-refractivity contribution in [2.45, 2.75) is 26.9 Å². The second kappa shape index (κ2) is 11.5. The van der Waals surface area contributed by atoms with Crippen LogP contribution in [0, 0.1) is 5.92 Å². The van der Waals surface area contributed by atoms with E-state index in [0.717, 1.165) is 16.9 Å². The predicted octanol–water partition coefficient (Wildman–Crippen LogP) is 5.01. The maximum absolute atomic E-state index is 12.3. The van der Waals surface area contributed by atoms with Crippen LogP contribution in [0.15, 0.2) is 84.0 Å². The Hall–Kier alpha value is -3.93. The van der Waals surface area contributed by atoms with E-state index in [-0.39, 0.29) is 17.7 Å². The molecule has 0 aliphatic carbocycles. The van der Waals surface area contributed by atoms with Gasteiger partial charge in [-0.05, 0) is 65.6 Å². The van der Waals surface area contributed by atoms with Gasteiger partial charge in [0, 0.05) is 17.7 Å². The molecule has 164 valence electrons. The van der Waals surface area contributed by atoms with Crippen molar-refractivity contribution in [1.29, 1.82) is 0 Å². The summed E-state index contributed by atoms with van der Waals surface area (Å²) in [5.41, 5.74) is 5.55. The van der Waals surface area contributed by atoms with E-state index >= 15 is 0 Å². The maximum atomic E-state index is 12.3. The molecule has 2 amide bonds. The van der Waals surface area contributed by atoms with Crippen LogP contribution in [0.5, 0.6) is 5.75 Å². The van der Waals surface area contributed by atoms with E-state index < -0.39 is 0 Å². The largest absolute Gasteiger partial charge is 0.489 e. The molecular weight excluding hydrogens is 402 g/mol. The Morgan fingerprint density at radius 1 is 0.938 bits per heavy atom. The second-order valence-electron chi connectivity index (χ2n) is 7.77. The number of rotatable bonds is 9. The van der Waals surface area contributed by atoms with Crippen LogP contribution >= 0.6 is 0 Å². The Labute approximate surface area is 188 Å². The summed E-state index contributed by atoms with van der Waals surface area (Å²) in [6.45, 7) is 4.48. The standard InChI is InChI=1S/C26H27N3O3/c1-19(2)16-25(30)28-23-12-10-22(11-13-23)26(31)29-27-17-20-8-14-24(15-9-20)32-18-21-6-4-3-5-7-21/h3-15,17,19H,16,18H2,1-2H3,(H,28,30)(H,29,31)/b27-17+. The van der Waals surface area contributed by atoms with Crippen molar-refractivity contribution in [2.75, 3.05) is 5.32 Å². The Bertz CT molecular complexity index is 1040. The van der Waals surface area contributed by atoms with Gasteiger partial charge in [0.15, 0.2) is 0 Å². The third-order valence-electron chi connectivity index (χ3n) is 4.53. The number of carbonyl (C=O) groups is 2. The van der Waals surface area contributed by atoms with Crippen molar-refractivity contribution in [3.05, 3.63) is 95.6 Å². The molecule has 0 spiro atoms. The molecule has 0 unspecified atom stereocenters. The molecule has 3 aromatic rings. The van der Waals surface area contributed by atoms with Gasteiger partial charge < -0.3 is 10.1 Å². The van der Waals surface area contributed by atoms with E-state index in [9.17, 15) is 9.59 Å². The Balaban J connectivity index is 1.46. The van der Waals surface area contributed by atoms with Crippen LogP contribution in [0.2, 0.25) is 0 Å². The van der Waals surface area contributed by atoms with E-state index in [4.69, 9.17) is 4.74 Å². The quantitative estimate of drug-likeness (QED) is 0.370. The van der Waals surface area contributed by atoms with E-state index in [1.54, 1.807) is 30.5 Å². The summed E-state index contributed by atoms with van der Waals surface area (Å²) in [4.78, 5) is 24.1. The van der Waals surface area contributed by atoms with E-state index in [1.807, 2.05) is 68.4 Å². The Morgan fingerprint density at radius 3 is 2.28 bits per heavy atom. The van der Waals surface area contributed by atoms with Crippen molar-refractivity contribution < 1.29 is 14.3 Å². The molecule has 0 saturated carbocycles. The van der Waals surface area contributed by atoms with Crippen molar-refractivity contribution in [3.8, 4) is 5.75 Å². The second-order valence-corrected chi connectivity index (χ2v) is 7.77. The van der Waals surface area contributed by atoms with Gasteiger partial charge in [0.2, 0.25) is 5.91 Å². The van der Waals surface area contributed by atoms with E-state index in [1.165, 1.54) is 0 Å². The van der Waals surface area contributed by atoms with E-state index in [0.29, 0.717) is 24.3 Å². The number of hydrogen-bond acceptors (Lipinski definition) is 4. The van der Waals surface area contributed by atoms with Crippen LogP contribution in [-0.2, 0) is 11.4 Å². The summed E-state index contributed by atoms with van der Waals surface area (Å²) in [5, 5.41) is 6.83. The number of benzene rings is 3. The SMILES string of the molecule is CC(C)CC(=O)Nc1ccc(C(=O)N/N=C/c2ccc(OCc3ccccc3)cc2)cc1. The van der Waals surface area contributed by atoms with Gasteiger partial charge in [-0.25, -0.2) is 5.43 Å². The van der Waals surface area contributed by atoms with Crippen LogP contribution in [0.1, 0.15) is 41.8 Å². The average Bonchev–Trinajstić information content (AvgIpc) is 2.79. The van der Waals surface area contributed by atoms with E-state index in [2.05, 4.69) is 15.8 Å². The number of hydrogen-bond donors (Lipinski definition) is 2. The van der Waals surface area contributed by atoms with Gasteiger partial charge in [-0.1, -0.05) is 44.2 Å².